The molecule has 0 amide bonds. The molecule has 0 aliphatic heterocycles. The summed E-state index contributed by atoms with van der Waals surface area (Å²) in [7, 11) is 4.30. The summed E-state index contributed by atoms with van der Waals surface area (Å²) >= 11 is 0. The predicted molar refractivity (Wildman–Crippen MR) is 45.1 cm³/mol. The van der Waals surface area contributed by atoms with Crippen molar-refractivity contribution in [1.82, 2.24) is 4.90 Å². The number of hydrogen-bond donors (Lipinski definition) is 0. The highest BCUT2D eigenvalue weighted by atomic mass is 15.0. The van der Waals surface area contributed by atoms with E-state index in [-0.39, 0.29) is 0 Å². The quantitative estimate of drug-likeness (QED) is 0.578. The summed E-state index contributed by atoms with van der Waals surface area (Å²) in [5, 5.41) is 0. The first-order valence-electron chi connectivity index (χ1n) is 4.35. The van der Waals surface area contributed by atoms with Gasteiger partial charge in [0.15, 0.2) is 0 Å². The van der Waals surface area contributed by atoms with E-state index in [0.717, 1.165) is 11.8 Å². The molecule has 1 atom stereocenters. The molecule has 0 saturated heterocycles. The smallest absolute Gasteiger partial charge is 0.00222 e. The molecule has 1 saturated carbocycles. The van der Waals surface area contributed by atoms with Gasteiger partial charge in [0.05, 0.1) is 0 Å². The van der Waals surface area contributed by atoms with Gasteiger partial charge in [0, 0.05) is 0 Å². The van der Waals surface area contributed by atoms with E-state index in [4.69, 9.17) is 0 Å². The average Bonchev–Trinajstić information content (AvgIpc) is 2.63. The lowest BCUT2D eigenvalue weighted by atomic mass is 10.0. The van der Waals surface area contributed by atoms with Gasteiger partial charge >= 0.3 is 0 Å². The van der Waals surface area contributed by atoms with Crippen molar-refractivity contribution in [1.29, 1.82) is 0 Å². The fraction of sp³-hybridized carbons (Fsp3) is 1.00. The van der Waals surface area contributed by atoms with Gasteiger partial charge in [0.1, 0.15) is 0 Å². The van der Waals surface area contributed by atoms with Crippen molar-refractivity contribution in [3.05, 3.63) is 0 Å². The van der Waals surface area contributed by atoms with Crippen LogP contribution in [-0.2, 0) is 0 Å². The molecule has 10 heavy (non-hydrogen) atoms. The largest absolute Gasteiger partial charge is 0.309 e. The van der Waals surface area contributed by atoms with Crippen LogP contribution in [0.3, 0.4) is 0 Å². The lowest BCUT2D eigenvalue weighted by molar-refractivity contribution is 0.344. The molecule has 0 aromatic rings. The van der Waals surface area contributed by atoms with E-state index in [9.17, 15) is 0 Å². The van der Waals surface area contributed by atoms with E-state index >= 15 is 0 Å². The SMILES string of the molecule is CC(CCN(C)C)C1CC1. The third-order valence-electron chi connectivity index (χ3n) is 2.46. The van der Waals surface area contributed by atoms with Gasteiger partial charge in [-0.25, -0.2) is 0 Å². The molecule has 0 aromatic carbocycles. The zero-order chi connectivity index (χ0) is 7.56. The van der Waals surface area contributed by atoms with Gasteiger partial charge in [-0.1, -0.05) is 6.92 Å². The summed E-state index contributed by atoms with van der Waals surface area (Å²) < 4.78 is 0. The second kappa shape index (κ2) is 3.38. The molecule has 60 valence electrons. The zero-order valence-corrected chi connectivity index (χ0v) is 7.43. The molecule has 1 rings (SSSR count). The fourth-order valence-electron chi connectivity index (χ4n) is 1.36. The van der Waals surface area contributed by atoms with E-state index < -0.39 is 0 Å². The van der Waals surface area contributed by atoms with E-state index in [1.807, 2.05) is 0 Å². The van der Waals surface area contributed by atoms with E-state index in [1.54, 1.807) is 0 Å². The van der Waals surface area contributed by atoms with Gasteiger partial charge in [-0.15, -0.1) is 0 Å². The summed E-state index contributed by atoms with van der Waals surface area (Å²) in [6, 6.07) is 0. The average molecular weight is 141 g/mol. The van der Waals surface area contributed by atoms with Gasteiger partial charge in [-0.05, 0) is 51.7 Å². The van der Waals surface area contributed by atoms with Gasteiger partial charge in [0.2, 0.25) is 0 Å². The van der Waals surface area contributed by atoms with Gasteiger partial charge < -0.3 is 4.90 Å². The maximum atomic E-state index is 2.39. The first kappa shape index (κ1) is 8.06. The van der Waals surface area contributed by atoms with Crippen molar-refractivity contribution in [3.8, 4) is 0 Å². The molecule has 0 N–H and O–H groups in total. The molecule has 1 nitrogen and oxygen atoms in total. The summed E-state index contributed by atoms with van der Waals surface area (Å²) in [4.78, 5) is 2.28. The molecule has 1 fully saturated rings. The van der Waals surface area contributed by atoms with E-state index in [0.29, 0.717) is 0 Å². The van der Waals surface area contributed by atoms with Crippen LogP contribution in [-0.4, -0.2) is 25.5 Å². The summed E-state index contributed by atoms with van der Waals surface area (Å²) in [6.45, 7) is 3.65. The van der Waals surface area contributed by atoms with Crippen molar-refractivity contribution in [2.75, 3.05) is 20.6 Å². The minimum atomic E-state index is 0.974. The molecule has 1 aliphatic carbocycles. The van der Waals surface area contributed by atoms with Crippen LogP contribution < -0.4 is 0 Å². The molecule has 1 heteroatoms. The number of nitrogens with zero attached hydrogens (tertiary/aromatic N) is 1. The molecular weight excluding hydrogens is 122 g/mol. The topological polar surface area (TPSA) is 3.24 Å². The van der Waals surface area contributed by atoms with Gasteiger partial charge in [0.25, 0.3) is 0 Å². The highest BCUT2D eigenvalue weighted by Gasteiger charge is 2.27. The van der Waals surface area contributed by atoms with E-state index in [2.05, 4.69) is 25.9 Å². The van der Waals surface area contributed by atoms with Crippen molar-refractivity contribution in [3.63, 3.8) is 0 Å². The summed E-state index contributed by atoms with van der Waals surface area (Å²) in [6.07, 6.45) is 4.38. The fourth-order valence-corrected chi connectivity index (χ4v) is 1.36. The minimum Gasteiger partial charge on any atom is -0.309 e. The molecule has 0 bridgehead atoms. The Hall–Kier alpha value is -0.0400. The van der Waals surface area contributed by atoms with Crippen LogP contribution in [0.2, 0.25) is 0 Å². The third kappa shape index (κ3) is 2.70. The molecule has 0 heterocycles. The summed E-state index contributed by atoms with van der Waals surface area (Å²) in [5.41, 5.74) is 0. The monoisotopic (exact) mass is 141 g/mol. The van der Waals surface area contributed by atoms with Crippen molar-refractivity contribution in [2.45, 2.75) is 26.2 Å². The van der Waals surface area contributed by atoms with Crippen LogP contribution in [0, 0.1) is 11.8 Å². The Kier molecular flexibility index (Phi) is 2.72. The third-order valence-corrected chi connectivity index (χ3v) is 2.46. The minimum absolute atomic E-state index is 0.974. The maximum Gasteiger partial charge on any atom is -0.00222 e. The van der Waals surface area contributed by atoms with Crippen LogP contribution in [0.5, 0.6) is 0 Å². The standard InChI is InChI=1S/C9H19N/c1-8(9-4-5-9)6-7-10(2)3/h8-9H,4-7H2,1-3H3. The van der Waals surface area contributed by atoms with Gasteiger partial charge in [-0.2, -0.15) is 0 Å². The normalized spacial score (nSPS) is 21.6. The van der Waals surface area contributed by atoms with E-state index in [1.165, 1.54) is 25.8 Å². The van der Waals surface area contributed by atoms with Crippen LogP contribution in [0.4, 0.5) is 0 Å². The highest BCUT2D eigenvalue weighted by molar-refractivity contribution is 4.78. The second-order valence-corrected chi connectivity index (χ2v) is 3.91. The van der Waals surface area contributed by atoms with Crippen LogP contribution >= 0.6 is 0 Å². The predicted octanol–water partition coefficient (Wildman–Crippen LogP) is 1.98. The second-order valence-electron chi connectivity index (χ2n) is 3.91. The highest BCUT2D eigenvalue weighted by Crippen LogP contribution is 2.37. The number of rotatable bonds is 4. The Bertz CT molecular complexity index is 94.9. The van der Waals surface area contributed by atoms with Crippen LogP contribution in [0.15, 0.2) is 0 Å². The molecule has 0 radical (unpaired) electrons. The van der Waals surface area contributed by atoms with Crippen molar-refractivity contribution >= 4 is 0 Å². The Morgan fingerprint density at radius 1 is 1.40 bits per heavy atom. The number of hydrogen-bond acceptors (Lipinski definition) is 1. The zero-order valence-electron chi connectivity index (χ0n) is 7.43. The lowest BCUT2D eigenvalue weighted by Gasteiger charge is -2.13. The van der Waals surface area contributed by atoms with Crippen molar-refractivity contribution < 1.29 is 0 Å². The Morgan fingerprint density at radius 2 is 2.00 bits per heavy atom. The molecule has 0 aromatic heterocycles. The first-order chi connectivity index (χ1) is 4.70. The Labute approximate surface area is 64.4 Å². The van der Waals surface area contributed by atoms with Crippen molar-refractivity contribution in [2.24, 2.45) is 11.8 Å². The Balaban J connectivity index is 2.00. The molecular formula is C9H19N. The first-order valence-corrected chi connectivity index (χ1v) is 4.35. The molecule has 1 aliphatic rings. The maximum absolute atomic E-state index is 2.39. The molecule has 1 unspecified atom stereocenters. The van der Waals surface area contributed by atoms with Crippen LogP contribution in [0.25, 0.3) is 0 Å². The lowest BCUT2D eigenvalue weighted by Crippen LogP contribution is -2.16. The Morgan fingerprint density at radius 3 is 2.40 bits per heavy atom. The van der Waals surface area contributed by atoms with Gasteiger partial charge in [-0.3, -0.25) is 0 Å². The summed E-state index contributed by atoms with van der Waals surface area (Å²) in [5.74, 6) is 2.06. The van der Waals surface area contributed by atoms with Crippen LogP contribution in [0.1, 0.15) is 26.2 Å². The molecule has 0 spiro atoms.